The number of ketones is 2. The second kappa shape index (κ2) is 6.30. The number of benzene rings is 2. The Kier molecular flexibility index (Phi) is 4.71. The molecule has 0 aliphatic carbocycles. The lowest BCUT2D eigenvalue weighted by atomic mass is 10.0. The Morgan fingerprint density at radius 2 is 1.58 bits per heavy atom. The van der Waals surface area contributed by atoms with E-state index in [-0.39, 0.29) is 18.0 Å². The van der Waals surface area contributed by atoms with Crippen molar-refractivity contribution in [3.63, 3.8) is 0 Å². The smallest absolute Gasteiger partial charge is 0.171 e. The van der Waals surface area contributed by atoms with Gasteiger partial charge in [0.05, 0.1) is 6.42 Å². The number of halogens is 2. The van der Waals surface area contributed by atoms with Crippen molar-refractivity contribution in [3.05, 3.63) is 68.3 Å². The van der Waals surface area contributed by atoms with Crippen LogP contribution in [0.3, 0.4) is 0 Å². The van der Waals surface area contributed by atoms with Crippen molar-refractivity contribution in [3.8, 4) is 0 Å². The van der Waals surface area contributed by atoms with Crippen molar-refractivity contribution in [2.24, 2.45) is 0 Å². The van der Waals surface area contributed by atoms with E-state index >= 15 is 0 Å². The monoisotopic (exact) mass is 384 g/mol. The third kappa shape index (κ3) is 3.64. The zero-order valence-corrected chi connectivity index (χ0v) is 12.8. The minimum atomic E-state index is -0.193. The third-order valence-electron chi connectivity index (χ3n) is 2.66. The highest BCUT2D eigenvalue weighted by atomic mass is 127. The maximum absolute atomic E-state index is 12.1. The van der Waals surface area contributed by atoms with Crippen LogP contribution in [0.2, 0.25) is 5.02 Å². The molecule has 0 N–H and O–H groups in total. The van der Waals surface area contributed by atoms with Gasteiger partial charge in [0.2, 0.25) is 0 Å². The molecular formula is C15H10ClIO2. The van der Waals surface area contributed by atoms with E-state index in [0.717, 1.165) is 3.57 Å². The van der Waals surface area contributed by atoms with Crippen LogP contribution in [0.25, 0.3) is 0 Å². The highest BCUT2D eigenvalue weighted by Crippen LogP contribution is 2.16. The van der Waals surface area contributed by atoms with Gasteiger partial charge in [-0.3, -0.25) is 9.59 Å². The van der Waals surface area contributed by atoms with Gasteiger partial charge in [0.25, 0.3) is 0 Å². The second-order valence-corrected chi connectivity index (χ2v) is 5.61. The summed E-state index contributed by atoms with van der Waals surface area (Å²) in [4.78, 5) is 24.0. The Hall–Kier alpha value is -1.20. The fourth-order valence-electron chi connectivity index (χ4n) is 1.67. The van der Waals surface area contributed by atoms with Crippen molar-refractivity contribution in [1.29, 1.82) is 0 Å². The first-order valence-corrected chi connectivity index (χ1v) is 7.10. The first-order valence-electron chi connectivity index (χ1n) is 5.64. The summed E-state index contributed by atoms with van der Waals surface area (Å²) in [6.45, 7) is 0. The average molecular weight is 385 g/mol. The largest absolute Gasteiger partial charge is 0.294 e. The van der Waals surface area contributed by atoms with Crippen LogP contribution in [0.15, 0.2) is 48.5 Å². The lowest BCUT2D eigenvalue weighted by Crippen LogP contribution is -2.09. The van der Waals surface area contributed by atoms with E-state index < -0.39 is 0 Å². The van der Waals surface area contributed by atoms with Crippen LogP contribution >= 0.6 is 34.2 Å². The number of carbonyl (C=O) groups is 2. The molecule has 0 aliphatic heterocycles. The molecule has 0 bridgehead atoms. The maximum atomic E-state index is 12.1. The van der Waals surface area contributed by atoms with Crippen LogP contribution in [0.1, 0.15) is 27.1 Å². The lowest BCUT2D eigenvalue weighted by Gasteiger charge is -2.03. The molecule has 4 heteroatoms. The fraction of sp³-hybridized carbons (Fsp3) is 0.0667. The molecule has 2 aromatic rings. The zero-order valence-electron chi connectivity index (χ0n) is 9.90. The van der Waals surface area contributed by atoms with Crippen molar-refractivity contribution in [2.45, 2.75) is 6.42 Å². The summed E-state index contributed by atoms with van der Waals surface area (Å²) in [7, 11) is 0. The molecule has 96 valence electrons. The predicted molar refractivity (Wildman–Crippen MR) is 83.9 cm³/mol. The van der Waals surface area contributed by atoms with Gasteiger partial charge in [0.1, 0.15) is 0 Å². The van der Waals surface area contributed by atoms with E-state index in [0.29, 0.717) is 16.1 Å². The van der Waals surface area contributed by atoms with Crippen LogP contribution in [0.5, 0.6) is 0 Å². The first kappa shape index (κ1) is 14.2. The summed E-state index contributed by atoms with van der Waals surface area (Å²) in [5, 5.41) is 0.570. The Balaban J connectivity index is 2.13. The Bertz CT molecular complexity index is 620. The molecule has 0 fully saturated rings. The molecule has 0 atom stereocenters. The maximum Gasteiger partial charge on any atom is 0.171 e. The number of rotatable bonds is 4. The van der Waals surface area contributed by atoms with E-state index in [1.54, 1.807) is 36.4 Å². The molecule has 0 heterocycles. The van der Waals surface area contributed by atoms with E-state index in [1.165, 1.54) is 0 Å². The number of carbonyl (C=O) groups excluding carboxylic acids is 2. The van der Waals surface area contributed by atoms with Crippen molar-refractivity contribution in [1.82, 2.24) is 0 Å². The Morgan fingerprint density at radius 1 is 0.947 bits per heavy atom. The molecule has 0 spiro atoms. The van der Waals surface area contributed by atoms with Gasteiger partial charge in [-0.2, -0.15) is 0 Å². The highest BCUT2D eigenvalue weighted by Gasteiger charge is 2.15. The molecular weight excluding hydrogens is 375 g/mol. The van der Waals surface area contributed by atoms with Gasteiger partial charge < -0.3 is 0 Å². The first-order chi connectivity index (χ1) is 9.08. The Labute approximate surface area is 129 Å². The lowest BCUT2D eigenvalue weighted by molar-refractivity contribution is 0.0894. The van der Waals surface area contributed by atoms with E-state index in [4.69, 9.17) is 11.6 Å². The summed E-state index contributed by atoms with van der Waals surface area (Å²) in [6, 6.07) is 13.8. The van der Waals surface area contributed by atoms with Gasteiger partial charge in [-0.15, -0.1) is 0 Å². The van der Waals surface area contributed by atoms with Crippen LogP contribution < -0.4 is 0 Å². The van der Waals surface area contributed by atoms with E-state index in [1.807, 2.05) is 12.1 Å². The predicted octanol–water partition coefficient (Wildman–Crippen LogP) is 4.40. The summed E-state index contributed by atoms with van der Waals surface area (Å²) in [6.07, 6.45) is -0.123. The van der Waals surface area contributed by atoms with Gasteiger partial charge >= 0.3 is 0 Å². The molecule has 0 aliphatic rings. The van der Waals surface area contributed by atoms with Crippen molar-refractivity contribution < 1.29 is 9.59 Å². The Morgan fingerprint density at radius 3 is 2.21 bits per heavy atom. The number of Topliss-reactive ketones (excluding diaryl/α,β-unsaturated/α-hetero) is 2. The molecule has 2 rings (SSSR count). The minimum absolute atomic E-state index is 0.123. The molecule has 2 nitrogen and oxygen atoms in total. The summed E-state index contributed by atoms with van der Waals surface area (Å²) >= 11 is 7.85. The quantitative estimate of drug-likeness (QED) is 0.445. The third-order valence-corrected chi connectivity index (χ3v) is 3.85. The minimum Gasteiger partial charge on any atom is -0.294 e. The average Bonchev–Trinajstić information content (AvgIpc) is 2.39. The summed E-state index contributed by atoms with van der Waals surface area (Å²) < 4.78 is 0.856. The molecule has 0 saturated heterocycles. The topological polar surface area (TPSA) is 34.1 Å². The van der Waals surface area contributed by atoms with Crippen LogP contribution in [0, 0.1) is 3.57 Å². The molecule has 0 unspecified atom stereocenters. The SMILES string of the molecule is O=C(CC(=O)c1ccccc1I)c1ccc(Cl)cc1. The molecule has 0 saturated carbocycles. The van der Waals surface area contributed by atoms with Gasteiger partial charge in [0.15, 0.2) is 11.6 Å². The normalized spacial score (nSPS) is 10.2. The van der Waals surface area contributed by atoms with Gasteiger partial charge in [-0.25, -0.2) is 0 Å². The van der Waals surface area contributed by atoms with Crippen molar-refractivity contribution >= 4 is 45.8 Å². The fourth-order valence-corrected chi connectivity index (χ4v) is 2.48. The molecule has 0 aromatic heterocycles. The van der Waals surface area contributed by atoms with Gasteiger partial charge in [0, 0.05) is 19.7 Å². The second-order valence-electron chi connectivity index (χ2n) is 4.01. The van der Waals surface area contributed by atoms with Gasteiger partial charge in [-0.05, 0) is 52.9 Å². The number of hydrogen-bond donors (Lipinski definition) is 0. The number of hydrogen-bond acceptors (Lipinski definition) is 2. The molecule has 2 aromatic carbocycles. The zero-order chi connectivity index (χ0) is 13.8. The van der Waals surface area contributed by atoms with E-state index in [9.17, 15) is 9.59 Å². The van der Waals surface area contributed by atoms with Crippen LogP contribution in [0.4, 0.5) is 0 Å². The van der Waals surface area contributed by atoms with E-state index in [2.05, 4.69) is 22.6 Å². The highest BCUT2D eigenvalue weighted by molar-refractivity contribution is 14.1. The summed E-state index contributed by atoms with van der Waals surface area (Å²) in [5.74, 6) is -0.355. The van der Waals surface area contributed by atoms with Crippen LogP contribution in [-0.4, -0.2) is 11.6 Å². The molecule has 19 heavy (non-hydrogen) atoms. The molecule has 0 amide bonds. The van der Waals surface area contributed by atoms with Crippen molar-refractivity contribution in [2.75, 3.05) is 0 Å². The standard InChI is InChI=1S/C15H10ClIO2/c16-11-7-5-10(6-8-11)14(18)9-15(19)12-3-1-2-4-13(12)17/h1-8H,9H2. The van der Waals surface area contributed by atoms with Crippen LogP contribution in [-0.2, 0) is 0 Å². The summed E-state index contributed by atoms with van der Waals surface area (Å²) in [5.41, 5.74) is 1.09. The van der Waals surface area contributed by atoms with Gasteiger partial charge in [-0.1, -0.05) is 29.8 Å². The molecule has 0 radical (unpaired) electrons.